The van der Waals surface area contributed by atoms with Gasteiger partial charge in [-0.25, -0.2) is 5.43 Å². The second-order valence-electron chi connectivity index (χ2n) is 8.72. The summed E-state index contributed by atoms with van der Waals surface area (Å²) in [6.45, 7) is 0. The summed E-state index contributed by atoms with van der Waals surface area (Å²) in [4.78, 5) is 38.4. The number of anilines is 1. The molecule has 0 aliphatic rings. The molecule has 10 heteroatoms. The Labute approximate surface area is 224 Å². The maximum absolute atomic E-state index is 13.1. The van der Waals surface area contributed by atoms with Crippen LogP contribution in [0.1, 0.15) is 21.5 Å². The van der Waals surface area contributed by atoms with Crippen molar-refractivity contribution in [3.05, 3.63) is 117 Å². The highest BCUT2D eigenvalue weighted by Gasteiger charge is 2.15. The quantitative estimate of drug-likeness (QED) is 0.135. The van der Waals surface area contributed by atoms with Crippen LogP contribution in [0.3, 0.4) is 0 Å². The molecule has 4 aromatic carbocycles. The number of hydrogen-bond donors (Lipinski definition) is 3. The third-order valence-corrected chi connectivity index (χ3v) is 5.84. The number of hydrogen-bond acceptors (Lipinski definition) is 7. The summed E-state index contributed by atoms with van der Waals surface area (Å²) in [6, 6.07) is 23.0. The molecule has 0 spiro atoms. The van der Waals surface area contributed by atoms with E-state index in [0.29, 0.717) is 21.9 Å². The zero-order valence-electron chi connectivity index (χ0n) is 21.2. The van der Waals surface area contributed by atoms with Gasteiger partial charge in [0.15, 0.2) is 0 Å². The summed E-state index contributed by atoms with van der Waals surface area (Å²) in [6.07, 6.45) is 2.77. The van der Waals surface area contributed by atoms with Crippen molar-refractivity contribution in [3.63, 3.8) is 0 Å². The molecule has 0 aromatic heterocycles. The molecule has 0 heterocycles. The van der Waals surface area contributed by atoms with Crippen molar-refractivity contribution in [1.29, 1.82) is 0 Å². The van der Waals surface area contributed by atoms with Gasteiger partial charge in [-0.1, -0.05) is 36.4 Å². The van der Waals surface area contributed by atoms with E-state index in [0.717, 1.165) is 5.69 Å². The van der Waals surface area contributed by atoms with Crippen molar-refractivity contribution in [2.24, 2.45) is 5.10 Å². The van der Waals surface area contributed by atoms with E-state index in [1.807, 2.05) is 43.3 Å². The number of nitrogens with zero attached hydrogens (tertiary/aromatic N) is 3. The number of aromatic hydroxyl groups is 1. The van der Waals surface area contributed by atoms with E-state index in [2.05, 4.69) is 15.8 Å². The van der Waals surface area contributed by atoms with Gasteiger partial charge in [0, 0.05) is 43.0 Å². The number of fused-ring (bicyclic) bond motifs is 1. The number of phenols is 1. The van der Waals surface area contributed by atoms with Gasteiger partial charge in [-0.3, -0.25) is 19.7 Å². The second kappa shape index (κ2) is 11.7. The van der Waals surface area contributed by atoms with E-state index < -0.39 is 16.7 Å². The minimum atomic E-state index is -0.692. The van der Waals surface area contributed by atoms with Gasteiger partial charge in [0.25, 0.3) is 17.5 Å². The number of nitro groups is 1. The van der Waals surface area contributed by atoms with Crippen LogP contribution < -0.4 is 15.6 Å². The number of carbonyl (C=O) groups is 2. The molecule has 39 heavy (non-hydrogen) atoms. The Hall–Kier alpha value is -5.51. The van der Waals surface area contributed by atoms with Gasteiger partial charge in [-0.15, -0.1) is 0 Å². The summed E-state index contributed by atoms with van der Waals surface area (Å²) < 4.78 is 0. The van der Waals surface area contributed by atoms with Crippen LogP contribution in [0.5, 0.6) is 5.75 Å². The lowest BCUT2D eigenvalue weighted by Crippen LogP contribution is -2.32. The van der Waals surface area contributed by atoms with Crippen molar-refractivity contribution < 1.29 is 19.6 Å². The molecule has 2 amide bonds. The van der Waals surface area contributed by atoms with Gasteiger partial charge < -0.3 is 15.3 Å². The summed E-state index contributed by atoms with van der Waals surface area (Å²) >= 11 is 0. The van der Waals surface area contributed by atoms with E-state index in [-0.39, 0.29) is 22.7 Å². The van der Waals surface area contributed by atoms with Crippen LogP contribution in [0.25, 0.3) is 16.8 Å². The molecule has 0 aliphatic carbocycles. The van der Waals surface area contributed by atoms with E-state index >= 15 is 0 Å². The molecule has 0 atom stereocenters. The van der Waals surface area contributed by atoms with Gasteiger partial charge in [-0.05, 0) is 58.8 Å². The fourth-order valence-corrected chi connectivity index (χ4v) is 3.77. The maximum Gasteiger partial charge on any atom is 0.287 e. The minimum absolute atomic E-state index is 0.0450. The van der Waals surface area contributed by atoms with Gasteiger partial charge in [-0.2, -0.15) is 5.10 Å². The fraction of sp³-hybridized carbons (Fsp3) is 0.0690. The first-order valence-corrected chi connectivity index (χ1v) is 11.8. The Kier molecular flexibility index (Phi) is 7.96. The SMILES string of the molecule is CN(C)c1ccc(/C=C(/NC(=O)c2ccccc2)C(=O)N/N=C/c2c(O)ccc3cc([N+](=O)[O-])ccc23)cc1. The smallest absolute Gasteiger partial charge is 0.287 e. The number of rotatable bonds is 8. The number of amides is 2. The van der Waals surface area contributed by atoms with Crippen LogP contribution in [0.4, 0.5) is 11.4 Å². The van der Waals surface area contributed by atoms with E-state index in [1.165, 1.54) is 36.6 Å². The molecule has 3 N–H and O–H groups in total. The van der Waals surface area contributed by atoms with Crippen LogP contribution in [-0.4, -0.2) is 42.2 Å². The summed E-state index contributed by atoms with van der Waals surface area (Å²) in [5.41, 5.74) is 4.53. The fourth-order valence-electron chi connectivity index (χ4n) is 3.77. The Morgan fingerprint density at radius 3 is 2.36 bits per heavy atom. The topological polar surface area (TPSA) is 137 Å². The molecule has 0 aliphatic heterocycles. The molecular formula is C29H25N5O5. The standard InChI is InChI=1S/C29H25N5O5/c1-33(2)22-11-8-19(9-12-22)16-26(31-28(36)20-6-4-3-5-7-20)29(37)32-30-18-25-24-14-13-23(34(38)39)17-21(24)10-15-27(25)35/h3-18,35H,1-2H3,(H,31,36)(H,32,37)/b26-16+,30-18+. The largest absolute Gasteiger partial charge is 0.507 e. The predicted molar refractivity (Wildman–Crippen MR) is 151 cm³/mol. The normalized spacial score (nSPS) is 11.4. The van der Waals surface area contributed by atoms with Crippen LogP contribution in [0, 0.1) is 10.1 Å². The molecule has 0 bridgehead atoms. The first-order valence-electron chi connectivity index (χ1n) is 11.8. The third-order valence-electron chi connectivity index (χ3n) is 5.84. The van der Waals surface area contributed by atoms with Crippen molar-refractivity contribution in [1.82, 2.24) is 10.7 Å². The monoisotopic (exact) mass is 523 g/mol. The van der Waals surface area contributed by atoms with Crippen LogP contribution >= 0.6 is 0 Å². The highest BCUT2D eigenvalue weighted by molar-refractivity contribution is 6.06. The zero-order valence-corrected chi connectivity index (χ0v) is 21.2. The maximum atomic E-state index is 13.1. The molecule has 0 saturated carbocycles. The van der Waals surface area contributed by atoms with E-state index in [4.69, 9.17) is 0 Å². The van der Waals surface area contributed by atoms with Gasteiger partial charge in [0.1, 0.15) is 11.4 Å². The average Bonchev–Trinajstić information content (AvgIpc) is 2.94. The third kappa shape index (κ3) is 6.44. The molecule has 196 valence electrons. The molecule has 4 rings (SSSR count). The summed E-state index contributed by atoms with van der Waals surface area (Å²) in [5, 5.41) is 29.1. The Morgan fingerprint density at radius 1 is 0.974 bits per heavy atom. The lowest BCUT2D eigenvalue weighted by atomic mass is 10.0. The number of benzene rings is 4. The minimum Gasteiger partial charge on any atom is -0.507 e. The highest BCUT2D eigenvalue weighted by atomic mass is 16.6. The average molecular weight is 524 g/mol. The number of nitrogens with one attached hydrogen (secondary N) is 2. The first-order chi connectivity index (χ1) is 18.7. The Bertz CT molecular complexity index is 1600. The van der Waals surface area contributed by atoms with E-state index in [9.17, 15) is 24.8 Å². The molecule has 4 aromatic rings. The second-order valence-corrected chi connectivity index (χ2v) is 8.72. The van der Waals surface area contributed by atoms with E-state index in [1.54, 1.807) is 36.4 Å². The number of phenolic OH excluding ortho intramolecular Hbond substituents is 1. The van der Waals surface area contributed by atoms with Gasteiger partial charge in [0.05, 0.1) is 11.1 Å². The predicted octanol–water partition coefficient (Wildman–Crippen LogP) is 4.44. The van der Waals surface area contributed by atoms with Crippen LogP contribution in [0.2, 0.25) is 0 Å². The van der Waals surface area contributed by atoms with Crippen molar-refractivity contribution in [2.75, 3.05) is 19.0 Å². The summed E-state index contributed by atoms with van der Waals surface area (Å²) in [5.74, 6) is -1.29. The molecule has 0 saturated heterocycles. The molecular weight excluding hydrogens is 498 g/mol. The van der Waals surface area contributed by atoms with Crippen LogP contribution in [0.15, 0.2) is 95.7 Å². The summed E-state index contributed by atoms with van der Waals surface area (Å²) in [7, 11) is 3.83. The van der Waals surface area contributed by atoms with Crippen molar-refractivity contribution >= 4 is 46.3 Å². The molecule has 0 fully saturated rings. The van der Waals surface area contributed by atoms with Crippen molar-refractivity contribution in [2.45, 2.75) is 0 Å². The van der Waals surface area contributed by atoms with Crippen molar-refractivity contribution in [3.8, 4) is 5.75 Å². The zero-order chi connectivity index (χ0) is 27.9. The molecule has 0 unspecified atom stereocenters. The Balaban J connectivity index is 1.60. The molecule has 10 nitrogen and oxygen atoms in total. The number of nitro benzene ring substituents is 1. The number of carbonyl (C=O) groups excluding carboxylic acids is 2. The highest BCUT2D eigenvalue weighted by Crippen LogP contribution is 2.28. The number of hydrazone groups is 1. The van der Waals surface area contributed by atoms with Gasteiger partial charge in [0.2, 0.25) is 0 Å². The molecule has 0 radical (unpaired) electrons. The number of non-ortho nitro benzene ring substituents is 1. The lowest BCUT2D eigenvalue weighted by molar-refractivity contribution is -0.384. The Morgan fingerprint density at radius 2 is 1.69 bits per heavy atom. The lowest BCUT2D eigenvalue weighted by Gasteiger charge is -2.13. The van der Waals surface area contributed by atoms with Crippen LogP contribution in [-0.2, 0) is 4.79 Å². The first kappa shape index (κ1) is 26.6. The van der Waals surface area contributed by atoms with Gasteiger partial charge >= 0.3 is 0 Å².